The molecule has 1 aromatic heterocycles. The van der Waals surface area contributed by atoms with E-state index in [9.17, 15) is 4.79 Å². The first kappa shape index (κ1) is 15.7. The Morgan fingerprint density at radius 2 is 2.00 bits per heavy atom. The summed E-state index contributed by atoms with van der Waals surface area (Å²) in [7, 11) is 1.63. The van der Waals surface area contributed by atoms with E-state index in [-0.39, 0.29) is 5.78 Å². The molecule has 0 amide bonds. The maximum atomic E-state index is 12.3. The molecule has 2 rings (SSSR count). The van der Waals surface area contributed by atoms with Crippen molar-refractivity contribution in [3.05, 3.63) is 52.2 Å². The number of para-hydroxylation sites is 1. The van der Waals surface area contributed by atoms with Crippen LogP contribution in [0.3, 0.4) is 0 Å². The van der Waals surface area contributed by atoms with Crippen LogP contribution in [-0.4, -0.2) is 26.1 Å². The average Bonchev–Trinajstić information content (AvgIpc) is 3.01. The third kappa shape index (κ3) is 4.99. The second-order valence-corrected chi connectivity index (χ2v) is 5.73. The van der Waals surface area contributed by atoms with Crippen LogP contribution < -0.4 is 4.74 Å². The summed E-state index contributed by atoms with van der Waals surface area (Å²) in [5.41, 5.74) is 0.666. The lowest BCUT2D eigenvalue weighted by Gasteiger charge is -2.10. The molecule has 0 saturated carbocycles. The third-order valence-corrected chi connectivity index (χ3v) is 4.08. The van der Waals surface area contributed by atoms with Crippen molar-refractivity contribution in [3.8, 4) is 5.75 Å². The third-order valence-electron chi connectivity index (χ3n) is 3.14. The van der Waals surface area contributed by atoms with Gasteiger partial charge in [0, 0.05) is 18.4 Å². The largest absolute Gasteiger partial charge is 0.490 e. The van der Waals surface area contributed by atoms with Crippen LogP contribution in [0.15, 0.2) is 41.8 Å². The zero-order valence-electron chi connectivity index (χ0n) is 12.2. The van der Waals surface area contributed by atoms with E-state index in [2.05, 4.69) is 11.4 Å². The Kier molecular flexibility index (Phi) is 6.44. The van der Waals surface area contributed by atoms with Gasteiger partial charge in [-0.25, -0.2) is 0 Å². The summed E-state index contributed by atoms with van der Waals surface area (Å²) in [5.74, 6) is 0.787. The van der Waals surface area contributed by atoms with Gasteiger partial charge in [-0.3, -0.25) is 4.79 Å². The van der Waals surface area contributed by atoms with Gasteiger partial charge in [0.15, 0.2) is 5.78 Å². The Balaban J connectivity index is 1.88. The highest BCUT2D eigenvalue weighted by atomic mass is 32.1. The van der Waals surface area contributed by atoms with Gasteiger partial charge in [0.1, 0.15) is 12.4 Å². The van der Waals surface area contributed by atoms with Crippen molar-refractivity contribution in [1.29, 1.82) is 0 Å². The first-order valence-electron chi connectivity index (χ1n) is 7.07. The fourth-order valence-electron chi connectivity index (χ4n) is 2.07. The minimum Gasteiger partial charge on any atom is -0.490 e. The Labute approximate surface area is 129 Å². The maximum Gasteiger partial charge on any atom is 0.166 e. The Morgan fingerprint density at radius 3 is 2.76 bits per heavy atom. The molecule has 0 atom stereocenters. The number of benzene rings is 1. The number of methoxy groups -OCH3 is 1. The summed E-state index contributed by atoms with van der Waals surface area (Å²) in [6, 6.07) is 11.6. The van der Waals surface area contributed by atoms with E-state index in [1.54, 1.807) is 18.4 Å². The predicted octanol–water partition coefficient (Wildman–Crippen LogP) is 3.98. The molecule has 0 N–H and O–H groups in total. The lowest BCUT2D eigenvalue weighted by Crippen LogP contribution is -2.08. The van der Waals surface area contributed by atoms with E-state index in [4.69, 9.17) is 9.47 Å². The number of carbonyl (C=O) groups is 1. The summed E-state index contributed by atoms with van der Waals surface area (Å²) in [5, 5.41) is 2.07. The molecular formula is C17H20O3S. The van der Waals surface area contributed by atoms with Gasteiger partial charge in [0.25, 0.3) is 0 Å². The number of ketones is 1. The van der Waals surface area contributed by atoms with Gasteiger partial charge in [0.2, 0.25) is 0 Å². The molecule has 0 bridgehead atoms. The van der Waals surface area contributed by atoms with Crippen molar-refractivity contribution in [2.24, 2.45) is 0 Å². The molecule has 0 aliphatic rings. The van der Waals surface area contributed by atoms with E-state index in [0.717, 1.165) is 12.8 Å². The topological polar surface area (TPSA) is 35.5 Å². The summed E-state index contributed by atoms with van der Waals surface area (Å²) in [6.45, 7) is 0.969. The van der Waals surface area contributed by atoms with Crippen LogP contribution in [0.2, 0.25) is 0 Å². The van der Waals surface area contributed by atoms with Gasteiger partial charge in [-0.2, -0.15) is 0 Å². The number of ether oxygens (including phenoxy) is 2. The lowest BCUT2D eigenvalue weighted by molar-refractivity contribution is 0.0972. The Hall–Kier alpha value is -1.65. The molecule has 1 aromatic carbocycles. The quantitative estimate of drug-likeness (QED) is 0.519. The first-order valence-corrected chi connectivity index (χ1v) is 7.95. The minimum atomic E-state index is 0.138. The normalized spacial score (nSPS) is 10.5. The van der Waals surface area contributed by atoms with Gasteiger partial charge in [-0.1, -0.05) is 18.2 Å². The summed E-state index contributed by atoms with van der Waals surface area (Å²) in [4.78, 5) is 13.6. The van der Waals surface area contributed by atoms with Crippen LogP contribution in [0.5, 0.6) is 5.75 Å². The highest BCUT2D eigenvalue weighted by molar-refractivity contribution is 7.09. The number of aryl methyl sites for hydroxylation is 1. The average molecular weight is 304 g/mol. The SMILES string of the molecule is COCCOc1ccccc1C(=O)CCCc1cccs1. The van der Waals surface area contributed by atoms with Gasteiger partial charge >= 0.3 is 0 Å². The van der Waals surface area contributed by atoms with Crippen molar-refractivity contribution in [2.45, 2.75) is 19.3 Å². The van der Waals surface area contributed by atoms with Crippen molar-refractivity contribution in [1.82, 2.24) is 0 Å². The molecule has 0 aliphatic heterocycles. The highest BCUT2D eigenvalue weighted by Crippen LogP contribution is 2.21. The number of hydrogen-bond acceptors (Lipinski definition) is 4. The molecule has 0 radical (unpaired) electrons. The summed E-state index contributed by atoms with van der Waals surface area (Å²) in [6.07, 6.45) is 2.37. The zero-order chi connectivity index (χ0) is 14.9. The molecular weight excluding hydrogens is 284 g/mol. The highest BCUT2D eigenvalue weighted by Gasteiger charge is 2.12. The smallest absolute Gasteiger partial charge is 0.166 e. The predicted molar refractivity (Wildman–Crippen MR) is 85.4 cm³/mol. The van der Waals surface area contributed by atoms with Crippen LogP contribution in [-0.2, 0) is 11.2 Å². The van der Waals surface area contributed by atoms with E-state index < -0.39 is 0 Å². The number of thiophene rings is 1. The molecule has 0 aliphatic carbocycles. The van der Waals surface area contributed by atoms with Crippen molar-refractivity contribution in [3.63, 3.8) is 0 Å². The zero-order valence-corrected chi connectivity index (χ0v) is 13.0. The molecule has 3 nitrogen and oxygen atoms in total. The number of Topliss-reactive ketones (excluding diaryl/α,β-unsaturated/α-hetero) is 1. The monoisotopic (exact) mass is 304 g/mol. The van der Waals surface area contributed by atoms with Crippen molar-refractivity contribution < 1.29 is 14.3 Å². The van der Waals surface area contributed by atoms with Gasteiger partial charge in [0.05, 0.1) is 12.2 Å². The fraction of sp³-hybridized carbons (Fsp3) is 0.353. The molecule has 0 saturated heterocycles. The van der Waals surface area contributed by atoms with Crippen LogP contribution in [0.25, 0.3) is 0 Å². The van der Waals surface area contributed by atoms with E-state index in [1.807, 2.05) is 30.3 Å². The van der Waals surface area contributed by atoms with Crippen molar-refractivity contribution in [2.75, 3.05) is 20.3 Å². The van der Waals surface area contributed by atoms with Gasteiger partial charge in [-0.05, 0) is 36.4 Å². The first-order chi connectivity index (χ1) is 10.3. The lowest BCUT2D eigenvalue weighted by atomic mass is 10.0. The maximum absolute atomic E-state index is 12.3. The minimum absolute atomic E-state index is 0.138. The van der Waals surface area contributed by atoms with Crippen LogP contribution >= 0.6 is 11.3 Å². The number of rotatable bonds is 9. The molecule has 0 fully saturated rings. The van der Waals surface area contributed by atoms with E-state index in [0.29, 0.717) is 30.9 Å². The molecule has 21 heavy (non-hydrogen) atoms. The summed E-state index contributed by atoms with van der Waals surface area (Å²) >= 11 is 1.74. The summed E-state index contributed by atoms with van der Waals surface area (Å²) < 4.78 is 10.6. The molecule has 112 valence electrons. The fourth-order valence-corrected chi connectivity index (χ4v) is 2.82. The second-order valence-electron chi connectivity index (χ2n) is 4.69. The van der Waals surface area contributed by atoms with Crippen molar-refractivity contribution >= 4 is 17.1 Å². The van der Waals surface area contributed by atoms with Crippen LogP contribution in [0.4, 0.5) is 0 Å². The Bertz CT molecular complexity index is 549. The number of hydrogen-bond donors (Lipinski definition) is 0. The van der Waals surface area contributed by atoms with Gasteiger partial charge < -0.3 is 9.47 Å². The Morgan fingerprint density at radius 1 is 1.14 bits per heavy atom. The second kappa shape index (κ2) is 8.60. The van der Waals surface area contributed by atoms with E-state index >= 15 is 0 Å². The van der Waals surface area contributed by atoms with Crippen LogP contribution in [0, 0.1) is 0 Å². The van der Waals surface area contributed by atoms with Gasteiger partial charge in [-0.15, -0.1) is 11.3 Å². The molecule has 0 unspecified atom stereocenters. The standard InChI is InChI=1S/C17H20O3S/c1-19-11-12-20-17-10-3-2-8-15(17)16(18)9-4-6-14-7-5-13-21-14/h2-3,5,7-8,10,13H,4,6,9,11-12H2,1H3. The molecule has 0 spiro atoms. The molecule has 2 aromatic rings. The van der Waals surface area contributed by atoms with E-state index in [1.165, 1.54) is 4.88 Å². The van der Waals surface area contributed by atoms with Crippen LogP contribution in [0.1, 0.15) is 28.1 Å². The molecule has 4 heteroatoms. The molecule has 1 heterocycles. The number of carbonyl (C=O) groups excluding carboxylic acids is 1.